The van der Waals surface area contributed by atoms with Crippen LogP contribution in [0.5, 0.6) is 5.75 Å². The largest absolute Gasteiger partial charge is 0.491 e. The van der Waals surface area contributed by atoms with E-state index in [-0.39, 0.29) is 5.92 Å². The van der Waals surface area contributed by atoms with Gasteiger partial charge in [0.2, 0.25) is 0 Å². The van der Waals surface area contributed by atoms with Crippen LogP contribution in [0.3, 0.4) is 0 Å². The summed E-state index contributed by atoms with van der Waals surface area (Å²) in [4.78, 5) is 12.1. The minimum Gasteiger partial charge on any atom is -0.491 e. The normalized spacial score (nSPS) is 12.1. The molecule has 5 nitrogen and oxygen atoms in total. The number of alkyl carbamates (subject to hydrolysis) is 1. The molecule has 0 atom stereocenters. The first-order valence-corrected chi connectivity index (χ1v) is 10.7. The van der Waals surface area contributed by atoms with Gasteiger partial charge in [0.1, 0.15) is 19.0 Å². The van der Waals surface area contributed by atoms with Gasteiger partial charge in [0.05, 0.1) is 6.61 Å². The van der Waals surface area contributed by atoms with E-state index in [9.17, 15) is 4.79 Å². The van der Waals surface area contributed by atoms with Crippen molar-refractivity contribution in [1.82, 2.24) is 5.32 Å². The fraction of sp³-hybridized carbons (Fsp3) is 0.269. The molecule has 0 unspecified atom stereocenters. The number of amides is 1. The van der Waals surface area contributed by atoms with Crippen molar-refractivity contribution in [3.63, 3.8) is 0 Å². The van der Waals surface area contributed by atoms with Crippen LogP contribution < -0.4 is 10.1 Å². The van der Waals surface area contributed by atoms with Crippen molar-refractivity contribution < 1.29 is 19.0 Å². The van der Waals surface area contributed by atoms with E-state index in [0.29, 0.717) is 33.0 Å². The van der Waals surface area contributed by atoms with Gasteiger partial charge in [-0.05, 0) is 40.8 Å². The van der Waals surface area contributed by atoms with Gasteiger partial charge < -0.3 is 19.5 Å². The summed E-state index contributed by atoms with van der Waals surface area (Å²) in [6, 6.07) is 26.3. The molecule has 1 N–H and O–H groups in total. The van der Waals surface area contributed by atoms with Crippen molar-refractivity contribution in [1.29, 1.82) is 0 Å². The summed E-state index contributed by atoms with van der Waals surface area (Å²) in [6.45, 7) is 2.41. The number of rotatable bonds is 10. The SMILES string of the molecule is O=C(NCCCOCCOc1ccccc1)OCC1c2ccccc2-c2ccccc21. The fourth-order valence-corrected chi connectivity index (χ4v) is 3.85. The molecule has 0 saturated heterocycles. The maximum atomic E-state index is 12.1. The Morgan fingerprint density at radius 3 is 2.13 bits per heavy atom. The molecule has 0 bridgehead atoms. The van der Waals surface area contributed by atoms with E-state index in [2.05, 4.69) is 29.6 Å². The Balaban J connectivity index is 1.12. The molecule has 0 saturated carbocycles. The molecule has 3 aromatic rings. The molecule has 1 amide bonds. The Hall–Kier alpha value is -3.31. The average Bonchev–Trinajstić information content (AvgIpc) is 3.14. The Morgan fingerprint density at radius 1 is 0.774 bits per heavy atom. The highest BCUT2D eigenvalue weighted by molar-refractivity contribution is 5.79. The van der Waals surface area contributed by atoms with Crippen LogP contribution in [0.25, 0.3) is 11.1 Å². The van der Waals surface area contributed by atoms with E-state index in [1.54, 1.807) is 0 Å². The second-order valence-electron chi connectivity index (χ2n) is 7.38. The van der Waals surface area contributed by atoms with E-state index in [1.165, 1.54) is 22.3 Å². The molecule has 0 heterocycles. The first-order valence-electron chi connectivity index (χ1n) is 10.7. The number of carbonyl (C=O) groups is 1. The van der Waals surface area contributed by atoms with Gasteiger partial charge >= 0.3 is 6.09 Å². The second-order valence-corrected chi connectivity index (χ2v) is 7.38. The zero-order valence-electron chi connectivity index (χ0n) is 17.5. The summed E-state index contributed by atoms with van der Waals surface area (Å²) in [5.41, 5.74) is 4.87. The number of ether oxygens (including phenoxy) is 3. The van der Waals surface area contributed by atoms with Crippen molar-refractivity contribution in [3.05, 3.63) is 90.0 Å². The molecular weight excluding hydrogens is 390 g/mol. The van der Waals surface area contributed by atoms with Crippen molar-refractivity contribution in [3.8, 4) is 16.9 Å². The van der Waals surface area contributed by atoms with E-state index < -0.39 is 6.09 Å². The Kier molecular flexibility index (Phi) is 7.19. The Bertz CT molecular complexity index is 944. The topological polar surface area (TPSA) is 56.8 Å². The van der Waals surface area contributed by atoms with Crippen molar-refractivity contribution in [2.45, 2.75) is 12.3 Å². The minimum absolute atomic E-state index is 0.0751. The molecule has 5 heteroatoms. The number of nitrogens with one attached hydrogen (secondary N) is 1. The van der Waals surface area contributed by atoms with Gasteiger partial charge in [-0.25, -0.2) is 4.79 Å². The second kappa shape index (κ2) is 10.6. The predicted octanol–water partition coefficient (Wildman–Crippen LogP) is 5.01. The lowest BCUT2D eigenvalue weighted by Crippen LogP contribution is -2.27. The highest BCUT2D eigenvalue weighted by Gasteiger charge is 2.28. The van der Waals surface area contributed by atoms with Crippen molar-refractivity contribution >= 4 is 6.09 Å². The van der Waals surface area contributed by atoms with Crippen LogP contribution in [0.4, 0.5) is 4.79 Å². The van der Waals surface area contributed by atoms with Crippen molar-refractivity contribution in [2.24, 2.45) is 0 Å². The fourth-order valence-electron chi connectivity index (χ4n) is 3.85. The van der Waals surface area contributed by atoms with Gasteiger partial charge in [-0.15, -0.1) is 0 Å². The lowest BCUT2D eigenvalue weighted by molar-refractivity contribution is 0.0971. The highest BCUT2D eigenvalue weighted by atomic mass is 16.5. The van der Waals surface area contributed by atoms with Crippen LogP contribution in [0.15, 0.2) is 78.9 Å². The number of hydrogen-bond donors (Lipinski definition) is 1. The summed E-state index contributed by atoms with van der Waals surface area (Å²) in [5, 5.41) is 2.80. The molecule has 0 radical (unpaired) electrons. The number of fused-ring (bicyclic) bond motifs is 3. The first-order chi connectivity index (χ1) is 15.3. The van der Waals surface area contributed by atoms with Gasteiger partial charge in [0.25, 0.3) is 0 Å². The van der Waals surface area contributed by atoms with E-state index in [4.69, 9.17) is 14.2 Å². The lowest BCUT2D eigenvalue weighted by atomic mass is 9.98. The van der Waals surface area contributed by atoms with E-state index in [1.807, 2.05) is 54.6 Å². The maximum absolute atomic E-state index is 12.1. The number of para-hydroxylation sites is 1. The number of hydrogen-bond acceptors (Lipinski definition) is 4. The van der Waals surface area contributed by atoms with Crippen molar-refractivity contribution in [2.75, 3.05) is 33.0 Å². The standard InChI is InChI=1S/C26H27NO4/c28-26(27-15-8-16-29-17-18-30-20-9-2-1-3-10-20)31-19-25-23-13-6-4-11-21(23)22-12-5-7-14-24(22)25/h1-7,9-14,25H,8,15-19H2,(H,27,28). The van der Waals surface area contributed by atoms with Crippen LogP contribution in [0.2, 0.25) is 0 Å². The third kappa shape index (κ3) is 5.44. The van der Waals surface area contributed by atoms with Crippen LogP contribution in [-0.4, -0.2) is 39.1 Å². The van der Waals surface area contributed by atoms with E-state index >= 15 is 0 Å². The third-order valence-corrected chi connectivity index (χ3v) is 5.32. The quantitative estimate of drug-likeness (QED) is 0.471. The van der Waals surface area contributed by atoms with Gasteiger partial charge in [-0.3, -0.25) is 0 Å². The molecule has 0 fully saturated rings. The molecule has 0 aromatic heterocycles. The molecule has 31 heavy (non-hydrogen) atoms. The molecule has 160 valence electrons. The van der Waals surface area contributed by atoms with Gasteiger partial charge in [0.15, 0.2) is 0 Å². The van der Waals surface area contributed by atoms with Gasteiger partial charge in [0, 0.05) is 19.1 Å². The van der Waals surface area contributed by atoms with Gasteiger partial charge in [-0.1, -0.05) is 66.7 Å². The Morgan fingerprint density at radius 2 is 1.42 bits per heavy atom. The molecular formula is C26H27NO4. The molecule has 3 aromatic carbocycles. The molecule has 4 rings (SSSR count). The highest BCUT2D eigenvalue weighted by Crippen LogP contribution is 2.44. The van der Waals surface area contributed by atoms with Gasteiger partial charge in [-0.2, -0.15) is 0 Å². The summed E-state index contributed by atoms with van der Waals surface area (Å²) in [6.07, 6.45) is 0.324. The van der Waals surface area contributed by atoms with E-state index in [0.717, 1.165) is 12.2 Å². The lowest BCUT2D eigenvalue weighted by Gasteiger charge is -2.14. The summed E-state index contributed by atoms with van der Waals surface area (Å²) in [5.74, 6) is 0.911. The molecule has 1 aliphatic carbocycles. The maximum Gasteiger partial charge on any atom is 0.407 e. The van der Waals surface area contributed by atoms with Crippen LogP contribution in [0.1, 0.15) is 23.5 Å². The zero-order chi connectivity index (χ0) is 21.3. The van der Waals surface area contributed by atoms with Crippen LogP contribution in [0, 0.1) is 0 Å². The van der Waals surface area contributed by atoms with Crippen LogP contribution >= 0.6 is 0 Å². The number of carbonyl (C=O) groups excluding carboxylic acids is 1. The zero-order valence-corrected chi connectivity index (χ0v) is 17.5. The smallest absolute Gasteiger partial charge is 0.407 e. The monoisotopic (exact) mass is 417 g/mol. The van der Waals surface area contributed by atoms with Crippen LogP contribution in [-0.2, 0) is 9.47 Å². The number of benzene rings is 3. The average molecular weight is 418 g/mol. The Labute approximate surface area is 183 Å². The first kappa shape index (κ1) is 20.9. The molecule has 1 aliphatic rings. The third-order valence-electron chi connectivity index (χ3n) is 5.32. The minimum atomic E-state index is -0.394. The summed E-state index contributed by atoms with van der Waals surface area (Å²) >= 11 is 0. The summed E-state index contributed by atoms with van der Waals surface area (Å²) < 4.78 is 16.6. The summed E-state index contributed by atoms with van der Waals surface area (Å²) in [7, 11) is 0. The molecule has 0 spiro atoms. The molecule has 0 aliphatic heterocycles. The predicted molar refractivity (Wildman–Crippen MR) is 120 cm³/mol.